The molecule has 3 saturated heterocycles. The third kappa shape index (κ3) is 4.79. The van der Waals surface area contributed by atoms with Crippen LogP contribution in [0.4, 0.5) is 5.82 Å². The van der Waals surface area contributed by atoms with Crippen LogP contribution in [0.2, 0.25) is 0 Å². The largest absolute Gasteiger partial charge is 0.374 e. The summed E-state index contributed by atoms with van der Waals surface area (Å²) in [5.41, 5.74) is 0.621. The summed E-state index contributed by atoms with van der Waals surface area (Å²) in [5, 5.41) is 2.52. The number of amides is 1. The van der Waals surface area contributed by atoms with Crippen molar-refractivity contribution in [2.45, 2.75) is 69.8 Å². The fourth-order valence-electron chi connectivity index (χ4n) is 5.13. The van der Waals surface area contributed by atoms with Gasteiger partial charge < -0.3 is 23.8 Å². The molecule has 2 aromatic rings. The summed E-state index contributed by atoms with van der Waals surface area (Å²) >= 11 is 0. The lowest BCUT2D eigenvalue weighted by atomic mass is 10.0. The van der Waals surface area contributed by atoms with E-state index >= 15 is 0 Å². The van der Waals surface area contributed by atoms with Gasteiger partial charge in [0.2, 0.25) is 5.91 Å². The summed E-state index contributed by atoms with van der Waals surface area (Å²) in [7, 11) is 0.279. The highest BCUT2D eigenvalue weighted by Crippen LogP contribution is 2.61. The van der Waals surface area contributed by atoms with Gasteiger partial charge in [-0.2, -0.15) is 4.98 Å². The average Bonchev–Trinajstić information content (AvgIpc) is 3.54. The Labute approximate surface area is 205 Å². The average molecular weight is 503 g/mol. The summed E-state index contributed by atoms with van der Waals surface area (Å²) in [5.74, 6) is -0.102. The molecule has 1 N–H and O–H groups in total. The van der Waals surface area contributed by atoms with E-state index in [-0.39, 0.29) is 30.0 Å². The second-order valence-electron chi connectivity index (χ2n) is 8.97. The van der Waals surface area contributed by atoms with E-state index in [1.807, 2.05) is 25.1 Å². The van der Waals surface area contributed by atoms with E-state index in [0.717, 1.165) is 24.9 Å². The van der Waals surface area contributed by atoms with Crippen molar-refractivity contribution >= 4 is 20.3 Å². The van der Waals surface area contributed by atoms with Crippen LogP contribution in [0.1, 0.15) is 51.0 Å². The molecule has 10 nitrogen and oxygen atoms in total. The molecule has 3 aliphatic heterocycles. The van der Waals surface area contributed by atoms with E-state index in [4.69, 9.17) is 18.5 Å². The number of rotatable bonds is 7. The highest BCUT2D eigenvalue weighted by atomic mass is 31.2. The first-order chi connectivity index (χ1) is 17.0. The second-order valence-corrected chi connectivity index (χ2v) is 10.4. The van der Waals surface area contributed by atoms with Crippen molar-refractivity contribution in [3.63, 3.8) is 0 Å². The number of aromatic nitrogens is 2. The van der Waals surface area contributed by atoms with Crippen molar-refractivity contribution < 1.29 is 23.3 Å². The molecule has 35 heavy (non-hydrogen) atoms. The molecule has 1 amide bonds. The molecule has 0 bridgehead atoms. The van der Waals surface area contributed by atoms with Crippen molar-refractivity contribution in [3.8, 4) is 0 Å². The Balaban J connectivity index is 1.37. The monoisotopic (exact) mass is 502 g/mol. The molecule has 0 radical (unpaired) electrons. The van der Waals surface area contributed by atoms with Crippen LogP contribution in [0.5, 0.6) is 0 Å². The van der Waals surface area contributed by atoms with E-state index in [1.165, 1.54) is 11.5 Å². The highest BCUT2D eigenvalue weighted by molar-refractivity contribution is 7.45. The van der Waals surface area contributed by atoms with Crippen molar-refractivity contribution in [1.29, 1.82) is 0 Å². The van der Waals surface area contributed by atoms with Gasteiger partial charge in [-0.1, -0.05) is 37.3 Å². The van der Waals surface area contributed by atoms with E-state index in [9.17, 15) is 9.59 Å². The van der Waals surface area contributed by atoms with Gasteiger partial charge in [0.05, 0.1) is 6.10 Å². The Kier molecular flexibility index (Phi) is 7.29. The van der Waals surface area contributed by atoms with E-state index < -0.39 is 32.7 Å². The first kappa shape index (κ1) is 24.5. The minimum absolute atomic E-state index is 0.0304. The van der Waals surface area contributed by atoms with Crippen LogP contribution >= 0.6 is 8.53 Å². The maximum Gasteiger partial charge on any atom is 0.351 e. The van der Waals surface area contributed by atoms with Gasteiger partial charge in [-0.05, 0) is 30.9 Å². The Morgan fingerprint density at radius 3 is 2.74 bits per heavy atom. The summed E-state index contributed by atoms with van der Waals surface area (Å²) < 4.78 is 29.0. The summed E-state index contributed by atoms with van der Waals surface area (Å²) in [4.78, 5) is 28.0. The second kappa shape index (κ2) is 10.4. The summed E-state index contributed by atoms with van der Waals surface area (Å²) in [6.45, 7) is 4.31. The molecule has 11 heteroatoms. The molecule has 5 rings (SSSR count). The Bertz CT molecular complexity index is 1100. The zero-order valence-electron chi connectivity index (χ0n) is 20.1. The highest BCUT2D eigenvalue weighted by Gasteiger charge is 2.53. The molecular formula is C24H31N4O6P. The fraction of sp³-hybridized carbons (Fsp3) is 0.542. The van der Waals surface area contributed by atoms with Gasteiger partial charge in [-0.3, -0.25) is 9.36 Å². The maximum atomic E-state index is 12.8. The SMILES string of the molecule is CC[C@H]1O[C@@H](n2ccc(NC(C)=O)nc2=O)[C@@H](OC)C1O[P@]1O[C@@H](c2ccccc2)[C@H]2CCCN21. The van der Waals surface area contributed by atoms with Gasteiger partial charge in [-0.15, -0.1) is 0 Å². The van der Waals surface area contributed by atoms with Gasteiger partial charge in [-0.25, -0.2) is 9.46 Å². The molecule has 188 valence electrons. The number of carbonyl (C=O) groups is 1. The normalized spacial score (nSPS) is 32.6. The number of fused-ring (bicyclic) bond motifs is 1. The molecule has 4 heterocycles. The molecular weight excluding hydrogens is 471 g/mol. The zero-order chi connectivity index (χ0) is 24.5. The topological polar surface area (TPSA) is 104 Å². The predicted molar refractivity (Wildman–Crippen MR) is 130 cm³/mol. The lowest BCUT2D eigenvalue weighted by Crippen LogP contribution is -2.38. The predicted octanol–water partition coefficient (Wildman–Crippen LogP) is 3.37. The van der Waals surface area contributed by atoms with Gasteiger partial charge in [0.15, 0.2) is 6.23 Å². The number of benzene rings is 1. The van der Waals surface area contributed by atoms with E-state index in [0.29, 0.717) is 6.42 Å². The van der Waals surface area contributed by atoms with Crippen LogP contribution in [0.25, 0.3) is 0 Å². The van der Waals surface area contributed by atoms with Crippen LogP contribution in [0.3, 0.4) is 0 Å². The van der Waals surface area contributed by atoms with E-state index in [2.05, 4.69) is 27.1 Å². The number of nitrogens with one attached hydrogen (secondary N) is 1. The number of nitrogens with zero attached hydrogens (tertiary/aromatic N) is 3. The minimum Gasteiger partial charge on any atom is -0.374 e. The first-order valence-electron chi connectivity index (χ1n) is 12.0. The van der Waals surface area contributed by atoms with Crippen LogP contribution in [-0.2, 0) is 23.3 Å². The number of carbonyl (C=O) groups excluding carboxylic acids is 1. The van der Waals surface area contributed by atoms with Crippen molar-refractivity contribution in [3.05, 3.63) is 58.6 Å². The van der Waals surface area contributed by atoms with Gasteiger partial charge in [0, 0.05) is 32.8 Å². The molecule has 0 spiro atoms. The molecule has 0 aliphatic carbocycles. The molecule has 1 aromatic heterocycles. The van der Waals surface area contributed by atoms with Gasteiger partial charge >= 0.3 is 5.69 Å². The van der Waals surface area contributed by atoms with Crippen LogP contribution < -0.4 is 11.0 Å². The molecule has 7 atom stereocenters. The third-order valence-electron chi connectivity index (χ3n) is 6.74. The van der Waals surface area contributed by atoms with Crippen molar-refractivity contribution in [1.82, 2.24) is 14.2 Å². The quantitative estimate of drug-likeness (QED) is 0.575. The number of anilines is 1. The van der Waals surface area contributed by atoms with Crippen LogP contribution in [-0.4, -0.2) is 58.1 Å². The smallest absolute Gasteiger partial charge is 0.351 e. The lowest BCUT2D eigenvalue weighted by Gasteiger charge is -2.28. The molecule has 3 aliphatic rings. The number of hydrogen-bond acceptors (Lipinski definition) is 8. The molecule has 1 unspecified atom stereocenters. The van der Waals surface area contributed by atoms with E-state index in [1.54, 1.807) is 19.4 Å². The summed E-state index contributed by atoms with van der Waals surface area (Å²) in [6, 6.07) is 12.1. The Morgan fingerprint density at radius 1 is 1.26 bits per heavy atom. The zero-order valence-corrected chi connectivity index (χ0v) is 21.0. The van der Waals surface area contributed by atoms with Crippen LogP contribution in [0.15, 0.2) is 47.4 Å². The molecule has 1 aromatic carbocycles. The minimum atomic E-state index is -1.31. The number of methoxy groups -OCH3 is 1. The Hall–Kier alpha value is -2.20. The standard InChI is InChI=1S/C24H31N4O6P/c1-4-18-21(22(31-3)23(32-18)27-14-12-19(25-15(2)29)26-24(27)30)34-35-28-13-8-11-17(28)20(33-35)16-9-6-5-7-10-16/h5-7,9-10,12,14,17-18,20-23H,4,8,11,13H2,1-3H3,(H,25,26,29,30)/t17-,18-,20+,21?,22+,23-,35+/m1/s1. The number of ether oxygens (including phenoxy) is 2. The fourth-order valence-corrected chi connectivity index (χ4v) is 7.12. The first-order valence-corrected chi connectivity index (χ1v) is 13.1. The Morgan fingerprint density at radius 2 is 2.06 bits per heavy atom. The van der Waals surface area contributed by atoms with Crippen molar-refractivity contribution in [2.24, 2.45) is 0 Å². The van der Waals surface area contributed by atoms with Gasteiger partial charge in [0.25, 0.3) is 8.53 Å². The van der Waals surface area contributed by atoms with Crippen molar-refractivity contribution in [2.75, 3.05) is 19.0 Å². The summed E-state index contributed by atoms with van der Waals surface area (Å²) in [6.07, 6.45) is 2.44. The lowest BCUT2D eigenvalue weighted by molar-refractivity contribution is -0.114. The molecule has 3 fully saturated rings. The van der Waals surface area contributed by atoms with Crippen LogP contribution in [0, 0.1) is 0 Å². The van der Waals surface area contributed by atoms with Gasteiger partial charge in [0.1, 0.15) is 24.1 Å². The molecule has 0 saturated carbocycles. The number of hydrogen-bond donors (Lipinski definition) is 1. The maximum absolute atomic E-state index is 12.8. The third-order valence-corrected chi connectivity index (χ3v) is 8.49.